The Morgan fingerprint density at radius 1 is 0.944 bits per heavy atom. The first-order valence-corrected chi connectivity index (χ1v) is 11.9. The lowest BCUT2D eigenvalue weighted by Crippen LogP contribution is -2.73. The number of ether oxygens (including phenoxy) is 2. The summed E-state index contributed by atoms with van der Waals surface area (Å²) in [4.78, 5) is 29.5. The predicted octanol–water partition coefficient (Wildman–Crippen LogP) is 2.63. The second kappa shape index (κ2) is 9.06. The van der Waals surface area contributed by atoms with Crippen molar-refractivity contribution in [3.05, 3.63) is 95.1 Å². The van der Waals surface area contributed by atoms with E-state index in [0.29, 0.717) is 23.6 Å². The summed E-state index contributed by atoms with van der Waals surface area (Å²) in [6, 6.07) is 22.3. The fourth-order valence-electron chi connectivity index (χ4n) is 5.32. The van der Waals surface area contributed by atoms with E-state index in [1.54, 1.807) is 28.0 Å². The van der Waals surface area contributed by atoms with Crippen LogP contribution in [0.1, 0.15) is 33.0 Å². The van der Waals surface area contributed by atoms with Crippen LogP contribution >= 0.6 is 0 Å². The highest BCUT2D eigenvalue weighted by atomic mass is 16.7. The highest BCUT2D eigenvalue weighted by molar-refractivity contribution is 5.98. The number of rotatable bonds is 3. The zero-order valence-corrected chi connectivity index (χ0v) is 19.5. The van der Waals surface area contributed by atoms with E-state index in [1.165, 1.54) is 0 Å². The van der Waals surface area contributed by atoms with Gasteiger partial charge in [-0.25, -0.2) is 0 Å². The molecule has 2 fully saturated rings. The van der Waals surface area contributed by atoms with Gasteiger partial charge in [-0.1, -0.05) is 42.2 Å². The third kappa shape index (κ3) is 3.86. The van der Waals surface area contributed by atoms with Crippen molar-refractivity contribution >= 4 is 11.8 Å². The minimum absolute atomic E-state index is 0.0129. The van der Waals surface area contributed by atoms with Crippen LogP contribution in [-0.4, -0.2) is 65.3 Å². The minimum Gasteiger partial charge on any atom is -0.454 e. The predicted molar refractivity (Wildman–Crippen MR) is 132 cm³/mol. The van der Waals surface area contributed by atoms with Crippen LogP contribution in [-0.2, 0) is 4.79 Å². The van der Waals surface area contributed by atoms with Crippen LogP contribution < -0.4 is 9.47 Å². The molecule has 7 nitrogen and oxygen atoms in total. The molecule has 0 bridgehead atoms. The van der Waals surface area contributed by atoms with Crippen LogP contribution in [0.4, 0.5) is 0 Å². The lowest BCUT2D eigenvalue weighted by Gasteiger charge is -2.58. The van der Waals surface area contributed by atoms with Crippen molar-refractivity contribution in [2.45, 2.75) is 18.0 Å². The van der Waals surface area contributed by atoms with Crippen molar-refractivity contribution in [3.8, 4) is 23.3 Å². The topological polar surface area (TPSA) is 79.3 Å². The molecule has 180 valence electrons. The summed E-state index contributed by atoms with van der Waals surface area (Å²) in [5, 5.41) is 10.1. The number of benzene rings is 3. The van der Waals surface area contributed by atoms with Crippen LogP contribution in [0.3, 0.4) is 0 Å². The Kier molecular flexibility index (Phi) is 5.59. The molecule has 0 saturated carbocycles. The van der Waals surface area contributed by atoms with Gasteiger partial charge in [0.05, 0.1) is 18.7 Å². The molecule has 6 rings (SSSR count). The summed E-state index contributed by atoms with van der Waals surface area (Å²) in [5.74, 6) is 7.02. The van der Waals surface area contributed by atoms with Crippen molar-refractivity contribution in [1.29, 1.82) is 0 Å². The molecule has 3 aliphatic heterocycles. The lowest BCUT2D eigenvalue weighted by molar-refractivity contribution is -0.159. The number of hydrogen-bond donors (Lipinski definition) is 1. The van der Waals surface area contributed by atoms with E-state index >= 15 is 0 Å². The van der Waals surface area contributed by atoms with E-state index in [4.69, 9.17) is 9.47 Å². The summed E-state index contributed by atoms with van der Waals surface area (Å²) < 4.78 is 10.7. The zero-order valence-electron chi connectivity index (χ0n) is 19.5. The number of aliphatic hydroxyl groups is 1. The Hall–Kier alpha value is -4.28. The summed E-state index contributed by atoms with van der Waals surface area (Å²) in [7, 11) is 0. The van der Waals surface area contributed by atoms with E-state index in [0.717, 1.165) is 16.7 Å². The van der Waals surface area contributed by atoms with Gasteiger partial charge in [-0.2, -0.15) is 0 Å². The maximum atomic E-state index is 13.2. The molecular formula is C29H24N2O5. The smallest absolute Gasteiger partial charge is 0.254 e. The lowest BCUT2D eigenvalue weighted by atomic mass is 9.73. The molecule has 1 N–H and O–H groups in total. The van der Waals surface area contributed by atoms with Gasteiger partial charge in [-0.15, -0.1) is 0 Å². The van der Waals surface area contributed by atoms with Crippen LogP contribution in [0.15, 0.2) is 72.8 Å². The van der Waals surface area contributed by atoms with Crippen LogP contribution in [0.5, 0.6) is 11.5 Å². The normalized spacial score (nSPS) is 21.8. The standard InChI is InChI=1S/C29H24N2O5/c32-17-24-28(21-10-8-20(9-11-21)7-6-19-4-2-1-3-5-19)23-15-30(16-27(33)31(23)24)29(34)22-12-13-25-26(14-22)36-18-35-25/h1-5,8-14,23-24,28,32H,15-18H2/t23-,24-,28-/m0/s1. The number of amides is 2. The third-order valence-corrected chi connectivity index (χ3v) is 7.08. The van der Waals surface area contributed by atoms with Gasteiger partial charge in [-0.05, 0) is 48.0 Å². The Labute approximate surface area is 208 Å². The molecule has 2 amide bonds. The number of fused-ring (bicyclic) bond motifs is 2. The van der Waals surface area contributed by atoms with Crippen molar-refractivity contribution < 1.29 is 24.2 Å². The van der Waals surface area contributed by atoms with Crippen molar-refractivity contribution in [3.63, 3.8) is 0 Å². The third-order valence-electron chi connectivity index (χ3n) is 7.08. The molecule has 0 spiro atoms. The van der Waals surface area contributed by atoms with Gasteiger partial charge in [0.25, 0.3) is 5.91 Å². The molecule has 0 aliphatic carbocycles. The number of nitrogens with zero attached hydrogens (tertiary/aromatic N) is 2. The maximum absolute atomic E-state index is 13.2. The van der Waals surface area contributed by atoms with E-state index in [9.17, 15) is 14.7 Å². The van der Waals surface area contributed by atoms with E-state index in [2.05, 4.69) is 11.8 Å². The maximum Gasteiger partial charge on any atom is 0.254 e. The van der Waals surface area contributed by atoms with Gasteiger partial charge >= 0.3 is 0 Å². The fraction of sp³-hybridized carbons (Fsp3) is 0.241. The fourth-order valence-corrected chi connectivity index (χ4v) is 5.32. The van der Waals surface area contributed by atoms with Crippen molar-refractivity contribution in [2.75, 3.05) is 26.5 Å². The highest BCUT2D eigenvalue weighted by Gasteiger charge is 2.54. The molecule has 7 heteroatoms. The molecule has 36 heavy (non-hydrogen) atoms. The number of piperazine rings is 1. The van der Waals surface area contributed by atoms with E-state index in [1.807, 2.05) is 54.6 Å². The van der Waals surface area contributed by atoms with Crippen LogP contribution in [0.2, 0.25) is 0 Å². The Balaban J connectivity index is 1.21. The monoisotopic (exact) mass is 480 g/mol. The number of carbonyl (C=O) groups excluding carboxylic acids is 2. The molecule has 3 atom stereocenters. The summed E-state index contributed by atoms with van der Waals surface area (Å²) in [5.41, 5.74) is 3.31. The zero-order chi connectivity index (χ0) is 24.6. The quantitative estimate of drug-likeness (QED) is 0.583. The molecular weight excluding hydrogens is 456 g/mol. The number of hydrogen-bond acceptors (Lipinski definition) is 5. The Morgan fingerprint density at radius 2 is 1.67 bits per heavy atom. The molecule has 0 unspecified atom stereocenters. The molecule has 0 aromatic heterocycles. The minimum atomic E-state index is -0.299. The second-order valence-corrected chi connectivity index (χ2v) is 9.14. The van der Waals surface area contributed by atoms with Crippen molar-refractivity contribution in [1.82, 2.24) is 9.80 Å². The summed E-state index contributed by atoms with van der Waals surface area (Å²) in [6.07, 6.45) is 0. The van der Waals surface area contributed by atoms with Gasteiger partial charge in [0.15, 0.2) is 11.5 Å². The molecule has 0 radical (unpaired) electrons. The SMILES string of the molecule is O=C(c1ccc2c(c1)OCO2)N1CC(=O)N2[C@@H](CO)[C@@H](c3ccc(C#Cc4ccccc4)cc3)[C@@H]2C1. The summed E-state index contributed by atoms with van der Waals surface area (Å²) in [6.45, 7) is 0.391. The van der Waals surface area contributed by atoms with Gasteiger partial charge in [0, 0.05) is 29.2 Å². The molecule has 3 aromatic rings. The molecule has 2 saturated heterocycles. The molecule has 3 aromatic carbocycles. The highest BCUT2D eigenvalue weighted by Crippen LogP contribution is 2.43. The van der Waals surface area contributed by atoms with Crippen LogP contribution in [0, 0.1) is 11.8 Å². The van der Waals surface area contributed by atoms with Gasteiger partial charge in [0.2, 0.25) is 12.7 Å². The van der Waals surface area contributed by atoms with E-state index in [-0.39, 0.29) is 49.8 Å². The Morgan fingerprint density at radius 3 is 2.42 bits per heavy atom. The van der Waals surface area contributed by atoms with Gasteiger partial charge < -0.3 is 24.4 Å². The number of aliphatic hydroxyl groups excluding tert-OH is 1. The first kappa shape index (κ1) is 22.2. The van der Waals surface area contributed by atoms with Gasteiger partial charge in [-0.3, -0.25) is 9.59 Å². The van der Waals surface area contributed by atoms with E-state index < -0.39 is 0 Å². The number of carbonyl (C=O) groups is 2. The second-order valence-electron chi connectivity index (χ2n) is 9.14. The average Bonchev–Trinajstić information content (AvgIpc) is 3.37. The first-order chi connectivity index (χ1) is 17.6. The van der Waals surface area contributed by atoms with Crippen molar-refractivity contribution in [2.24, 2.45) is 0 Å². The largest absolute Gasteiger partial charge is 0.454 e. The van der Waals surface area contributed by atoms with Crippen LogP contribution in [0.25, 0.3) is 0 Å². The van der Waals surface area contributed by atoms with Gasteiger partial charge in [0.1, 0.15) is 6.54 Å². The molecule has 3 aliphatic rings. The first-order valence-electron chi connectivity index (χ1n) is 11.9. The summed E-state index contributed by atoms with van der Waals surface area (Å²) >= 11 is 0. The molecule has 3 heterocycles. The average molecular weight is 481 g/mol. The Bertz CT molecular complexity index is 1380.